The van der Waals surface area contributed by atoms with Crippen LogP contribution in [-0.4, -0.2) is 10.2 Å². The van der Waals surface area contributed by atoms with Gasteiger partial charge in [0.2, 0.25) is 0 Å². The molecule has 0 aromatic heterocycles. The second-order valence-electron chi connectivity index (χ2n) is 6.46. The molecule has 0 atom stereocenters. The van der Waals surface area contributed by atoms with Gasteiger partial charge in [0.05, 0.1) is 0 Å². The summed E-state index contributed by atoms with van der Waals surface area (Å²) in [6.07, 6.45) is 0. The molecule has 0 saturated heterocycles. The van der Waals surface area contributed by atoms with Crippen molar-refractivity contribution in [1.29, 1.82) is 0 Å². The SMILES string of the molecule is Cc1c(C)c(Oc2c(C)c(C)c(O)c(C)c2C)c(C)c(C)c1O. The molecular formula is C20H26O3. The molecule has 23 heavy (non-hydrogen) atoms. The Morgan fingerprint density at radius 2 is 0.652 bits per heavy atom. The van der Waals surface area contributed by atoms with Crippen LogP contribution >= 0.6 is 0 Å². The second kappa shape index (κ2) is 5.80. The van der Waals surface area contributed by atoms with E-state index >= 15 is 0 Å². The normalized spacial score (nSPS) is 11.0. The third kappa shape index (κ3) is 2.54. The number of ether oxygens (including phenoxy) is 1. The third-order valence-corrected chi connectivity index (χ3v) is 5.24. The van der Waals surface area contributed by atoms with Crippen LogP contribution < -0.4 is 4.74 Å². The fourth-order valence-corrected chi connectivity index (χ4v) is 2.92. The predicted molar refractivity (Wildman–Crippen MR) is 94.2 cm³/mol. The Morgan fingerprint density at radius 1 is 0.435 bits per heavy atom. The lowest BCUT2D eigenvalue weighted by Crippen LogP contribution is -2.02. The average Bonchev–Trinajstić information content (AvgIpc) is 2.54. The molecule has 2 aromatic carbocycles. The molecule has 0 aliphatic rings. The Labute approximate surface area is 138 Å². The van der Waals surface area contributed by atoms with Crippen LogP contribution in [0.25, 0.3) is 0 Å². The molecule has 0 saturated carbocycles. The number of rotatable bonds is 2. The van der Waals surface area contributed by atoms with Crippen LogP contribution in [0, 0.1) is 55.4 Å². The van der Waals surface area contributed by atoms with Crippen molar-refractivity contribution < 1.29 is 14.9 Å². The fraction of sp³-hybridized carbons (Fsp3) is 0.400. The summed E-state index contributed by atoms with van der Waals surface area (Å²) in [6.45, 7) is 15.4. The van der Waals surface area contributed by atoms with E-state index in [9.17, 15) is 10.2 Å². The molecule has 0 aliphatic heterocycles. The zero-order valence-electron chi connectivity index (χ0n) is 15.3. The summed E-state index contributed by atoms with van der Waals surface area (Å²) < 4.78 is 6.31. The van der Waals surface area contributed by atoms with Crippen LogP contribution in [0.1, 0.15) is 44.5 Å². The molecule has 0 bridgehead atoms. The third-order valence-electron chi connectivity index (χ3n) is 5.24. The van der Waals surface area contributed by atoms with Crippen molar-refractivity contribution in [2.45, 2.75) is 55.4 Å². The van der Waals surface area contributed by atoms with E-state index in [0.717, 1.165) is 56.0 Å². The average molecular weight is 314 g/mol. The lowest BCUT2D eigenvalue weighted by atomic mass is 9.96. The van der Waals surface area contributed by atoms with Crippen molar-refractivity contribution in [1.82, 2.24) is 0 Å². The molecule has 0 radical (unpaired) electrons. The summed E-state index contributed by atoms with van der Waals surface area (Å²) in [4.78, 5) is 0. The first-order valence-corrected chi connectivity index (χ1v) is 7.86. The van der Waals surface area contributed by atoms with Gasteiger partial charge in [-0.05, 0) is 99.9 Å². The van der Waals surface area contributed by atoms with Gasteiger partial charge in [-0.15, -0.1) is 0 Å². The molecular weight excluding hydrogens is 288 g/mol. The zero-order valence-corrected chi connectivity index (χ0v) is 15.3. The van der Waals surface area contributed by atoms with Gasteiger partial charge in [0.1, 0.15) is 23.0 Å². The minimum Gasteiger partial charge on any atom is -0.507 e. The van der Waals surface area contributed by atoms with E-state index in [1.165, 1.54) is 0 Å². The van der Waals surface area contributed by atoms with E-state index in [0.29, 0.717) is 11.5 Å². The van der Waals surface area contributed by atoms with Crippen LogP contribution in [0.2, 0.25) is 0 Å². The van der Waals surface area contributed by atoms with E-state index in [-0.39, 0.29) is 0 Å². The molecule has 0 fully saturated rings. The monoisotopic (exact) mass is 314 g/mol. The van der Waals surface area contributed by atoms with Crippen molar-refractivity contribution in [3.63, 3.8) is 0 Å². The Morgan fingerprint density at radius 3 is 0.870 bits per heavy atom. The Balaban J connectivity index is 2.71. The van der Waals surface area contributed by atoms with Crippen LogP contribution in [0.4, 0.5) is 0 Å². The standard InChI is InChI=1S/C20H26O3/c1-9-13(5)19(14(6)10(2)17(9)21)23-20-15(7)11(3)18(22)12(4)16(20)8/h21-22H,1-8H3. The van der Waals surface area contributed by atoms with E-state index in [1.54, 1.807) is 0 Å². The van der Waals surface area contributed by atoms with Gasteiger partial charge in [0, 0.05) is 0 Å². The smallest absolute Gasteiger partial charge is 0.134 e. The minimum atomic E-state index is 0.332. The first kappa shape index (κ1) is 17.2. The van der Waals surface area contributed by atoms with Gasteiger partial charge < -0.3 is 14.9 Å². The summed E-state index contributed by atoms with van der Waals surface area (Å²) in [7, 11) is 0. The molecule has 2 rings (SSSR count). The van der Waals surface area contributed by atoms with E-state index < -0.39 is 0 Å². The molecule has 0 aliphatic carbocycles. The van der Waals surface area contributed by atoms with Crippen molar-refractivity contribution >= 4 is 0 Å². The van der Waals surface area contributed by atoms with Crippen LogP contribution in [0.5, 0.6) is 23.0 Å². The van der Waals surface area contributed by atoms with Gasteiger partial charge in [-0.25, -0.2) is 0 Å². The second-order valence-corrected chi connectivity index (χ2v) is 6.46. The lowest BCUT2D eigenvalue weighted by Gasteiger charge is -2.22. The molecule has 124 valence electrons. The molecule has 0 amide bonds. The van der Waals surface area contributed by atoms with E-state index in [2.05, 4.69) is 0 Å². The Hall–Kier alpha value is -2.16. The van der Waals surface area contributed by atoms with Crippen LogP contribution in [0.15, 0.2) is 0 Å². The van der Waals surface area contributed by atoms with Gasteiger partial charge in [-0.3, -0.25) is 0 Å². The highest BCUT2D eigenvalue weighted by molar-refractivity contribution is 5.61. The maximum absolute atomic E-state index is 10.2. The van der Waals surface area contributed by atoms with Crippen molar-refractivity contribution in [2.24, 2.45) is 0 Å². The highest BCUT2D eigenvalue weighted by Crippen LogP contribution is 2.43. The number of hydrogen-bond acceptors (Lipinski definition) is 3. The summed E-state index contributed by atoms with van der Waals surface area (Å²) in [5.41, 5.74) is 7.11. The molecule has 3 heteroatoms. The Kier molecular flexibility index (Phi) is 4.34. The van der Waals surface area contributed by atoms with Crippen molar-refractivity contribution in [3.05, 3.63) is 44.5 Å². The largest absolute Gasteiger partial charge is 0.507 e. The van der Waals surface area contributed by atoms with Crippen LogP contribution in [-0.2, 0) is 0 Å². The highest BCUT2D eigenvalue weighted by atomic mass is 16.5. The number of aromatic hydroxyl groups is 2. The highest BCUT2D eigenvalue weighted by Gasteiger charge is 2.20. The molecule has 0 heterocycles. The molecule has 0 unspecified atom stereocenters. The summed E-state index contributed by atoms with van der Waals surface area (Å²) >= 11 is 0. The minimum absolute atomic E-state index is 0.332. The Bertz CT molecular complexity index is 676. The molecule has 2 aromatic rings. The first-order valence-electron chi connectivity index (χ1n) is 7.86. The van der Waals surface area contributed by atoms with Crippen LogP contribution in [0.3, 0.4) is 0 Å². The van der Waals surface area contributed by atoms with Crippen molar-refractivity contribution in [3.8, 4) is 23.0 Å². The quantitative estimate of drug-likeness (QED) is 0.784. The number of phenolic OH excluding ortho intramolecular Hbond substituents is 2. The van der Waals surface area contributed by atoms with Crippen molar-refractivity contribution in [2.75, 3.05) is 0 Å². The van der Waals surface area contributed by atoms with E-state index in [4.69, 9.17) is 4.74 Å². The van der Waals surface area contributed by atoms with Gasteiger partial charge in [-0.1, -0.05) is 0 Å². The topological polar surface area (TPSA) is 49.7 Å². The fourth-order valence-electron chi connectivity index (χ4n) is 2.92. The number of benzene rings is 2. The molecule has 0 spiro atoms. The molecule has 3 nitrogen and oxygen atoms in total. The van der Waals surface area contributed by atoms with Gasteiger partial charge in [-0.2, -0.15) is 0 Å². The molecule has 2 N–H and O–H groups in total. The van der Waals surface area contributed by atoms with Gasteiger partial charge in [0.15, 0.2) is 0 Å². The van der Waals surface area contributed by atoms with E-state index in [1.807, 2.05) is 55.4 Å². The maximum Gasteiger partial charge on any atom is 0.134 e. The first-order chi connectivity index (χ1) is 10.6. The summed E-state index contributed by atoms with van der Waals surface area (Å²) in [5.74, 6) is 2.24. The van der Waals surface area contributed by atoms with Gasteiger partial charge in [0.25, 0.3) is 0 Å². The lowest BCUT2D eigenvalue weighted by molar-refractivity contribution is 0.440. The number of hydrogen-bond donors (Lipinski definition) is 2. The summed E-state index contributed by atoms with van der Waals surface area (Å²) in [5, 5.41) is 20.4. The zero-order chi connectivity index (χ0) is 17.6. The maximum atomic E-state index is 10.2. The summed E-state index contributed by atoms with van der Waals surface area (Å²) in [6, 6.07) is 0. The van der Waals surface area contributed by atoms with Gasteiger partial charge >= 0.3 is 0 Å². The number of phenols is 2. The predicted octanol–water partition coefficient (Wildman–Crippen LogP) is 5.36.